The van der Waals surface area contributed by atoms with Gasteiger partial charge in [0, 0.05) is 0 Å². The average molecular weight is 264 g/mol. The molecule has 98 valence electrons. The minimum absolute atomic E-state index is 0.283. The lowest BCUT2D eigenvalue weighted by molar-refractivity contribution is 0.0697. The van der Waals surface area contributed by atoms with Crippen LogP contribution in [-0.2, 0) is 0 Å². The van der Waals surface area contributed by atoms with Crippen molar-refractivity contribution in [2.24, 2.45) is 0 Å². The molecule has 4 nitrogen and oxygen atoms in total. The molecule has 0 atom stereocenters. The Labute approximate surface area is 115 Å². The summed E-state index contributed by atoms with van der Waals surface area (Å²) in [5.41, 5.74) is 3.13. The molecule has 0 aliphatic carbocycles. The quantitative estimate of drug-likeness (QED) is 0.761. The molecule has 2 aromatic carbocycles. The van der Waals surface area contributed by atoms with Gasteiger partial charge in [-0.2, -0.15) is 0 Å². The van der Waals surface area contributed by atoms with Crippen LogP contribution in [0.2, 0.25) is 0 Å². The van der Waals surface area contributed by atoms with Crippen LogP contribution >= 0.6 is 0 Å². The van der Waals surface area contributed by atoms with Gasteiger partial charge in [-0.05, 0) is 35.9 Å². The molecule has 2 N–H and O–H groups in total. The molecule has 0 spiro atoms. The van der Waals surface area contributed by atoms with Crippen LogP contribution in [0.3, 0.4) is 0 Å². The highest BCUT2D eigenvalue weighted by atomic mass is 16.4. The van der Waals surface area contributed by atoms with Gasteiger partial charge in [0.15, 0.2) is 0 Å². The summed E-state index contributed by atoms with van der Waals surface area (Å²) in [6, 6.07) is 14.5. The van der Waals surface area contributed by atoms with Crippen LogP contribution in [0.5, 0.6) is 0 Å². The van der Waals surface area contributed by atoms with Crippen molar-refractivity contribution < 1.29 is 9.90 Å². The summed E-state index contributed by atoms with van der Waals surface area (Å²) < 4.78 is 0. The first kappa shape index (κ1) is 12.2. The largest absolute Gasteiger partial charge is 0.478 e. The number of aromatic amines is 1. The number of imidazole rings is 1. The molecule has 20 heavy (non-hydrogen) atoms. The fraction of sp³-hybridized carbons (Fsp3) is 0. The van der Waals surface area contributed by atoms with E-state index < -0.39 is 5.97 Å². The number of benzene rings is 2. The summed E-state index contributed by atoms with van der Waals surface area (Å²) in [5.74, 6) is -0.147. The maximum Gasteiger partial charge on any atom is 0.335 e. The van der Waals surface area contributed by atoms with Crippen molar-refractivity contribution in [1.29, 1.82) is 0 Å². The molecule has 0 saturated carbocycles. The number of aromatic carboxylic acids is 1. The van der Waals surface area contributed by atoms with Gasteiger partial charge < -0.3 is 10.1 Å². The Morgan fingerprint density at radius 2 is 1.80 bits per heavy atom. The summed E-state index contributed by atoms with van der Waals surface area (Å²) in [6.45, 7) is 0. The van der Waals surface area contributed by atoms with E-state index in [9.17, 15) is 4.79 Å². The van der Waals surface area contributed by atoms with E-state index in [0.717, 1.165) is 22.4 Å². The van der Waals surface area contributed by atoms with E-state index in [1.54, 1.807) is 24.3 Å². The number of fused-ring (bicyclic) bond motifs is 1. The number of hydrogen-bond acceptors (Lipinski definition) is 2. The normalized spacial score (nSPS) is 11.2. The zero-order chi connectivity index (χ0) is 13.9. The number of hydrogen-bond donors (Lipinski definition) is 2. The number of nitrogens with zero attached hydrogens (tertiary/aromatic N) is 1. The van der Waals surface area contributed by atoms with Gasteiger partial charge in [-0.3, -0.25) is 0 Å². The molecule has 0 saturated heterocycles. The Hall–Kier alpha value is -2.88. The van der Waals surface area contributed by atoms with Crippen LogP contribution in [0.1, 0.15) is 21.7 Å². The van der Waals surface area contributed by atoms with Crippen molar-refractivity contribution in [3.63, 3.8) is 0 Å². The van der Waals surface area contributed by atoms with Crippen LogP contribution in [-0.4, -0.2) is 21.0 Å². The minimum atomic E-state index is -0.919. The molecule has 1 heterocycles. The van der Waals surface area contributed by atoms with Crippen molar-refractivity contribution in [3.05, 3.63) is 65.5 Å². The minimum Gasteiger partial charge on any atom is -0.478 e. The lowest BCUT2D eigenvalue weighted by Gasteiger charge is -1.95. The second kappa shape index (κ2) is 5.01. The van der Waals surface area contributed by atoms with E-state index in [1.165, 1.54) is 0 Å². The Balaban J connectivity index is 1.84. The molecule has 0 unspecified atom stereocenters. The number of carbonyl (C=O) groups is 1. The fourth-order valence-corrected chi connectivity index (χ4v) is 1.96. The molecule has 4 heteroatoms. The SMILES string of the molecule is O=C(O)c1ccc(/C=C/c2nc3ccccc3[nH]2)cc1. The Morgan fingerprint density at radius 3 is 2.50 bits per heavy atom. The number of nitrogens with one attached hydrogen (secondary N) is 1. The molecule has 3 aromatic rings. The van der Waals surface area contributed by atoms with Crippen molar-refractivity contribution in [3.8, 4) is 0 Å². The van der Waals surface area contributed by atoms with E-state index in [0.29, 0.717) is 0 Å². The van der Waals surface area contributed by atoms with Crippen molar-refractivity contribution in [1.82, 2.24) is 9.97 Å². The maximum atomic E-state index is 10.8. The van der Waals surface area contributed by atoms with Crippen LogP contribution < -0.4 is 0 Å². The Morgan fingerprint density at radius 1 is 1.05 bits per heavy atom. The van der Waals surface area contributed by atoms with E-state index in [1.807, 2.05) is 36.4 Å². The molecular formula is C16H12N2O2. The molecule has 0 aliphatic rings. The molecule has 0 amide bonds. The Bertz CT molecular complexity index is 753. The molecule has 0 radical (unpaired) electrons. The standard InChI is InChI=1S/C16H12N2O2/c19-16(20)12-8-5-11(6-9-12)7-10-15-17-13-3-1-2-4-14(13)18-15/h1-10H,(H,17,18)(H,19,20)/b10-7+. The number of para-hydroxylation sites is 2. The summed E-state index contributed by atoms with van der Waals surface area (Å²) in [6.07, 6.45) is 3.76. The molecule has 1 aromatic heterocycles. The zero-order valence-corrected chi connectivity index (χ0v) is 10.6. The second-order valence-electron chi connectivity index (χ2n) is 4.40. The molecule has 3 rings (SSSR count). The van der Waals surface area contributed by atoms with E-state index in [2.05, 4.69) is 9.97 Å². The first-order valence-electron chi connectivity index (χ1n) is 6.18. The topological polar surface area (TPSA) is 66.0 Å². The highest BCUT2D eigenvalue weighted by molar-refractivity contribution is 5.88. The van der Waals surface area contributed by atoms with E-state index in [-0.39, 0.29) is 5.56 Å². The van der Waals surface area contributed by atoms with Gasteiger partial charge >= 0.3 is 5.97 Å². The highest BCUT2D eigenvalue weighted by Crippen LogP contribution is 2.13. The van der Waals surface area contributed by atoms with Crippen LogP contribution in [0.25, 0.3) is 23.2 Å². The Kier molecular flexibility index (Phi) is 3.05. The molecule has 0 fully saturated rings. The van der Waals surface area contributed by atoms with E-state index in [4.69, 9.17) is 5.11 Å². The highest BCUT2D eigenvalue weighted by Gasteiger charge is 2.01. The third kappa shape index (κ3) is 2.44. The van der Waals surface area contributed by atoms with Gasteiger partial charge in [-0.15, -0.1) is 0 Å². The van der Waals surface area contributed by atoms with Gasteiger partial charge in [0.2, 0.25) is 0 Å². The molecule has 0 bridgehead atoms. The number of H-pyrrole nitrogens is 1. The van der Waals surface area contributed by atoms with Gasteiger partial charge in [0.1, 0.15) is 5.82 Å². The van der Waals surface area contributed by atoms with Crippen LogP contribution in [0, 0.1) is 0 Å². The third-order valence-electron chi connectivity index (χ3n) is 3.00. The third-order valence-corrected chi connectivity index (χ3v) is 3.00. The summed E-state index contributed by atoms with van der Waals surface area (Å²) >= 11 is 0. The second-order valence-corrected chi connectivity index (χ2v) is 4.40. The predicted molar refractivity (Wildman–Crippen MR) is 78.4 cm³/mol. The van der Waals surface area contributed by atoms with Gasteiger partial charge in [-0.25, -0.2) is 9.78 Å². The van der Waals surface area contributed by atoms with Crippen molar-refractivity contribution in [2.75, 3.05) is 0 Å². The number of carboxylic acids is 1. The average Bonchev–Trinajstić information content (AvgIpc) is 2.88. The monoisotopic (exact) mass is 264 g/mol. The number of rotatable bonds is 3. The first-order valence-corrected chi connectivity index (χ1v) is 6.18. The van der Waals surface area contributed by atoms with Gasteiger partial charge in [0.25, 0.3) is 0 Å². The van der Waals surface area contributed by atoms with Gasteiger partial charge in [0.05, 0.1) is 16.6 Å². The zero-order valence-electron chi connectivity index (χ0n) is 10.6. The van der Waals surface area contributed by atoms with E-state index >= 15 is 0 Å². The summed E-state index contributed by atoms with van der Waals surface area (Å²) in [5, 5.41) is 8.83. The number of carboxylic acid groups (broad SMARTS) is 1. The fourth-order valence-electron chi connectivity index (χ4n) is 1.96. The maximum absolute atomic E-state index is 10.8. The first-order chi connectivity index (χ1) is 9.72. The van der Waals surface area contributed by atoms with Crippen LogP contribution in [0.4, 0.5) is 0 Å². The summed E-state index contributed by atoms with van der Waals surface area (Å²) in [4.78, 5) is 18.4. The molecule has 0 aliphatic heterocycles. The lowest BCUT2D eigenvalue weighted by atomic mass is 10.1. The van der Waals surface area contributed by atoms with Crippen molar-refractivity contribution in [2.45, 2.75) is 0 Å². The molecular weight excluding hydrogens is 252 g/mol. The van der Waals surface area contributed by atoms with Crippen LogP contribution in [0.15, 0.2) is 48.5 Å². The summed E-state index contributed by atoms with van der Waals surface area (Å²) in [7, 11) is 0. The lowest BCUT2D eigenvalue weighted by Crippen LogP contribution is -1.94. The predicted octanol–water partition coefficient (Wildman–Crippen LogP) is 3.43. The smallest absolute Gasteiger partial charge is 0.335 e. The van der Waals surface area contributed by atoms with Gasteiger partial charge in [-0.1, -0.05) is 30.3 Å². The van der Waals surface area contributed by atoms with Crippen molar-refractivity contribution >= 4 is 29.2 Å². The number of aromatic nitrogens is 2.